The average molecular weight is 240 g/mol. The third kappa shape index (κ3) is 4.66. The van der Waals surface area contributed by atoms with Crippen molar-refractivity contribution < 1.29 is 15.3 Å². The Hall–Kier alpha value is 0.704. The Labute approximate surface area is 90.0 Å². The Balaban J connectivity index is 0.000000127. The Morgan fingerprint density at radius 3 is 2.33 bits per heavy atom. The second kappa shape index (κ2) is 7.14. The van der Waals surface area contributed by atoms with Gasteiger partial charge in [-0.2, -0.15) is 11.8 Å². The molecule has 2 aliphatic rings. The fraction of sp³-hybridized carbons (Fsp3) is 0.556. The van der Waals surface area contributed by atoms with Crippen LogP contribution in [0.25, 0.3) is 0 Å². The van der Waals surface area contributed by atoms with Crippen LogP contribution in [0, 0.1) is 0 Å². The van der Waals surface area contributed by atoms with Gasteiger partial charge in [-0.15, -0.1) is 0 Å². The van der Waals surface area contributed by atoms with Crippen LogP contribution in [0.1, 0.15) is 19.3 Å². The van der Waals surface area contributed by atoms with Crippen molar-refractivity contribution in [3.8, 4) is 0 Å². The molecule has 67 valence electrons. The van der Waals surface area contributed by atoms with Gasteiger partial charge >= 0.3 is 54.1 Å². The van der Waals surface area contributed by atoms with Crippen LogP contribution in [0.2, 0.25) is 0 Å². The van der Waals surface area contributed by atoms with Crippen LogP contribution in [0.15, 0.2) is 22.5 Å². The van der Waals surface area contributed by atoms with Crippen LogP contribution in [0.3, 0.4) is 0 Å². The van der Waals surface area contributed by atoms with Crippen LogP contribution in [0.4, 0.5) is 0 Å². The number of allylic oxidation sites excluding steroid dienone is 4. The minimum absolute atomic E-state index is 0.00521. The zero-order valence-corrected chi connectivity index (χ0v) is 9.97. The molecule has 1 saturated heterocycles. The van der Waals surface area contributed by atoms with E-state index in [1.54, 1.807) is 0 Å². The summed E-state index contributed by atoms with van der Waals surface area (Å²) in [7, 11) is 5.59. The molecule has 0 spiro atoms. The van der Waals surface area contributed by atoms with Gasteiger partial charge in [-0.3, -0.25) is 0 Å². The van der Waals surface area contributed by atoms with Crippen molar-refractivity contribution in [2.45, 2.75) is 19.3 Å². The molecule has 0 bridgehead atoms. The van der Waals surface area contributed by atoms with E-state index < -0.39 is 0 Å². The number of halogens is 1. The van der Waals surface area contributed by atoms with Crippen molar-refractivity contribution >= 4 is 21.6 Å². The maximum atomic E-state index is 5.59. The van der Waals surface area contributed by atoms with Crippen LogP contribution in [-0.2, 0) is 15.3 Å². The first-order chi connectivity index (χ1) is 5.93. The van der Waals surface area contributed by atoms with Crippen molar-refractivity contribution in [3.05, 3.63) is 22.5 Å². The predicted octanol–water partition coefficient (Wildman–Crippen LogP) is 3.58. The summed E-state index contributed by atoms with van der Waals surface area (Å²) >= 11 is 2.07. The quantitative estimate of drug-likeness (QED) is 0.674. The van der Waals surface area contributed by atoms with Gasteiger partial charge < -0.3 is 0 Å². The van der Waals surface area contributed by atoms with Gasteiger partial charge in [0, 0.05) is 0 Å². The molecule has 1 aliphatic heterocycles. The standard InChI is InChI=1S/C5H5.C4H8S.ClH.V/c2*1-2-4-5-3-1;;/h1-3H,4H2;1-4H2;1H;/q;;;+1/p-1. The fourth-order valence-electron chi connectivity index (χ4n) is 1.01. The summed E-state index contributed by atoms with van der Waals surface area (Å²) in [5.41, 5.74) is 0. The third-order valence-electron chi connectivity index (χ3n) is 1.69. The van der Waals surface area contributed by atoms with E-state index in [0.29, 0.717) is 0 Å². The SMILES string of the molecule is C1CCSC1.[Cl][V][C]1=CC=CC1. The Morgan fingerprint density at radius 2 is 2.08 bits per heavy atom. The molecule has 1 aliphatic carbocycles. The molecular formula is C9H13ClSV. The number of hydrogen-bond donors (Lipinski definition) is 0. The monoisotopic (exact) mass is 239 g/mol. The first-order valence-electron chi connectivity index (χ1n) is 4.19. The van der Waals surface area contributed by atoms with E-state index in [4.69, 9.17) is 9.85 Å². The van der Waals surface area contributed by atoms with Gasteiger partial charge in [-0.05, 0) is 24.3 Å². The normalized spacial score (nSPS) is 19.9. The van der Waals surface area contributed by atoms with Gasteiger partial charge in [0.1, 0.15) is 0 Å². The summed E-state index contributed by atoms with van der Waals surface area (Å²) in [6.45, 7) is 0. The summed E-state index contributed by atoms with van der Waals surface area (Å²) < 4.78 is 1.41. The molecule has 0 saturated carbocycles. The van der Waals surface area contributed by atoms with Gasteiger partial charge in [0.2, 0.25) is 0 Å². The summed E-state index contributed by atoms with van der Waals surface area (Å²) in [6, 6.07) is 0. The second-order valence-electron chi connectivity index (χ2n) is 2.69. The molecular weight excluding hydrogens is 227 g/mol. The first-order valence-corrected chi connectivity index (χ1v) is 7.96. The molecule has 0 radical (unpaired) electrons. The van der Waals surface area contributed by atoms with Crippen LogP contribution in [0.5, 0.6) is 0 Å². The molecule has 0 unspecified atom stereocenters. The molecule has 0 aromatic rings. The topological polar surface area (TPSA) is 0 Å². The molecule has 1 heterocycles. The van der Waals surface area contributed by atoms with Crippen molar-refractivity contribution in [1.82, 2.24) is 0 Å². The van der Waals surface area contributed by atoms with Crippen LogP contribution < -0.4 is 0 Å². The average Bonchev–Trinajstić information content (AvgIpc) is 2.81. The third-order valence-corrected chi connectivity index (χ3v) is 4.59. The molecule has 12 heavy (non-hydrogen) atoms. The van der Waals surface area contributed by atoms with E-state index in [9.17, 15) is 0 Å². The fourth-order valence-corrected chi connectivity index (χ4v) is 3.04. The number of rotatable bonds is 1. The van der Waals surface area contributed by atoms with E-state index in [1.165, 1.54) is 28.6 Å². The summed E-state index contributed by atoms with van der Waals surface area (Å²) in [5.74, 6) is 2.83. The predicted molar refractivity (Wildman–Crippen MR) is 54.3 cm³/mol. The van der Waals surface area contributed by atoms with E-state index >= 15 is 0 Å². The van der Waals surface area contributed by atoms with Gasteiger partial charge in [0.25, 0.3) is 0 Å². The second-order valence-corrected chi connectivity index (χ2v) is 5.78. The Bertz CT molecular complexity index is 166. The van der Waals surface area contributed by atoms with E-state index in [-0.39, 0.29) is 15.3 Å². The van der Waals surface area contributed by atoms with Gasteiger partial charge in [0.15, 0.2) is 0 Å². The minimum atomic E-state index is -0.00521. The van der Waals surface area contributed by atoms with Crippen molar-refractivity contribution in [2.75, 3.05) is 11.5 Å². The summed E-state index contributed by atoms with van der Waals surface area (Å²) in [6.07, 6.45) is 10.3. The van der Waals surface area contributed by atoms with Gasteiger partial charge in [-0.25, -0.2) is 0 Å². The molecule has 0 aromatic heterocycles. The molecule has 3 heteroatoms. The van der Waals surface area contributed by atoms with Crippen molar-refractivity contribution in [2.24, 2.45) is 0 Å². The zero-order valence-electron chi connectivity index (χ0n) is 7.00. The van der Waals surface area contributed by atoms with Crippen molar-refractivity contribution in [1.29, 1.82) is 0 Å². The molecule has 1 fully saturated rings. The molecule has 2 rings (SSSR count). The van der Waals surface area contributed by atoms with Gasteiger partial charge in [0.05, 0.1) is 0 Å². The van der Waals surface area contributed by atoms with Crippen LogP contribution >= 0.6 is 21.6 Å². The first kappa shape index (κ1) is 10.8. The number of hydrogen-bond acceptors (Lipinski definition) is 1. The molecule has 0 amide bonds. The van der Waals surface area contributed by atoms with Gasteiger partial charge in [-0.1, -0.05) is 0 Å². The molecule has 0 aromatic carbocycles. The van der Waals surface area contributed by atoms with Crippen LogP contribution in [-0.4, -0.2) is 11.5 Å². The van der Waals surface area contributed by atoms with E-state index in [2.05, 4.69) is 30.0 Å². The molecule has 0 N–H and O–H groups in total. The summed E-state index contributed by atoms with van der Waals surface area (Å²) in [5, 5.41) is 0. The Morgan fingerprint density at radius 1 is 1.33 bits per heavy atom. The number of thioether (sulfide) groups is 1. The summed E-state index contributed by atoms with van der Waals surface area (Å²) in [4.78, 5) is 0. The molecule has 0 nitrogen and oxygen atoms in total. The zero-order chi connectivity index (χ0) is 8.65. The van der Waals surface area contributed by atoms with Crippen molar-refractivity contribution in [3.63, 3.8) is 0 Å². The Kier molecular flexibility index (Phi) is 6.42. The molecule has 0 atom stereocenters. The van der Waals surface area contributed by atoms with E-state index in [0.717, 1.165) is 6.42 Å². The maximum absolute atomic E-state index is 5.59. The van der Waals surface area contributed by atoms with E-state index in [1.807, 2.05) is 0 Å².